The van der Waals surface area contributed by atoms with Crippen molar-refractivity contribution in [1.29, 1.82) is 0 Å². The van der Waals surface area contributed by atoms with Gasteiger partial charge < -0.3 is 25.0 Å². The van der Waals surface area contributed by atoms with Gasteiger partial charge >= 0.3 is 7.60 Å². The summed E-state index contributed by atoms with van der Waals surface area (Å²) < 4.78 is 16.9. The molecule has 0 aromatic heterocycles. The van der Waals surface area contributed by atoms with Crippen LogP contribution in [-0.4, -0.2) is 59.0 Å². The van der Waals surface area contributed by atoms with Gasteiger partial charge in [-0.15, -0.1) is 6.42 Å². The van der Waals surface area contributed by atoms with E-state index in [1.165, 1.54) is 0 Å². The van der Waals surface area contributed by atoms with Crippen LogP contribution in [0, 0.1) is 19.3 Å². The quantitative estimate of drug-likeness (QED) is 0.0527. The molecule has 12 heteroatoms. The number of nitrogens with zero attached hydrogens (tertiary/aromatic N) is 1. The standard InChI is InChI=1S/C35H50N3O6PS2/c1-6-30-16-10-11-17-31(30)26-38(32-18-12-9-15-28(32)4)35(41)20-19-33(39)37-22-24-46-47-29(5)25-34(40)36-21-13-7-8-14-23-44-45(42,43)27(2)3/h1,9-12,15-18,27,29H,7-8,13-14,19-26H2,2-5H3,(H,36,40)(H,37,39)(H,42,43). The van der Waals surface area contributed by atoms with Crippen molar-refractivity contribution in [1.82, 2.24) is 10.6 Å². The van der Waals surface area contributed by atoms with Gasteiger partial charge in [-0.1, -0.05) is 97.5 Å². The highest BCUT2D eigenvalue weighted by atomic mass is 33.1. The average Bonchev–Trinajstić information content (AvgIpc) is 3.04. The maximum atomic E-state index is 13.4. The third-order valence-corrected chi connectivity index (χ3v) is 12.1. The van der Waals surface area contributed by atoms with Crippen LogP contribution in [0.25, 0.3) is 0 Å². The van der Waals surface area contributed by atoms with E-state index in [-0.39, 0.29) is 42.4 Å². The van der Waals surface area contributed by atoms with Gasteiger partial charge in [-0.2, -0.15) is 0 Å². The highest BCUT2D eigenvalue weighted by Gasteiger charge is 2.24. The van der Waals surface area contributed by atoms with Gasteiger partial charge in [0.2, 0.25) is 17.7 Å². The predicted octanol–water partition coefficient (Wildman–Crippen LogP) is 6.85. The van der Waals surface area contributed by atoms with E-state index in [9.17, 15) is 23.8 Å². The number of para-hydroxylation sites is 1. The van der Waals surface area contributed by atoms with Crippen LogP contribution >= 0.6 is 29.2 Å². The number of hydrogen-bond donors (Lipinski definition) is 3. The molecule has 3 amide bonds. The van der Waals surface area contributed by atoms with Crippen LogP contribution < -0.4 is 15.5 Å². The molecule has 0 spiro atoms. The Labute approximate surface area is 288 Å². The van der Waals surface area contributed by atoms with Crippen molar-refractivity contribution in [3.8, 4) is 12.3 Å². The number of unbranched alkanes of at least 4 members (excludes halogenated alkanes) is 3. The van der Waals surface area contributed by atoms with Gasteiger partial charge in [0.05, 0.1) is 18.8 Å². The van der Waals surface area contributed by atoms with E-state index in [1.807, 2.05) is 62.4 Å². The third kappa shape index (κ3) is 15.8. The van der Waals surface area contributed by atoms with Crippen molar-refractivity contribution in [2.45, 2.75) is 90.1 Å². The number of amides is 3. The first-order chi connectivity index (χ1) is 22.4. The average molecular weight is 704 g/mol. The molecule has 2 rings (SSSR count). The van der Waals surface area contributed by atoms with Crippen LogP contribution in [0.15, 0.2) is 48.5 Å². The van der Waals surface area contributed by atoms with Crippen molar-refractivity contribution in [3.05, 3.63) is 65.2 Å². The normalized spacial score (nSPS) is 13.0. The minimum absolute atomic E-state index is 0.00701. The summed E-state index contributed by atoms with van der Waals surface area (Å²) in [6.45, 7) is 8.95. The smallest absolute Gasteiger partial charge is 0.330 e. The number of benzene rings is 2. The van der Waals surface area contributed by atoms with E-state index in [0.29, 0.717) is 38.2 Å². The van der Waals surface area contributed by atoms with Gasteiger partial charge in [0.1, 0.15) is 0 Å². The zero-order valence-corrected chi connectivity index (χ0v) is 30.6. The lowest BCUT2D eigenvalue weighted by Gasteiger charge is -2.25. The molecular weight excluding hydrogens is 654 g/mol. The first-order valence-corrected chi connectivity index (χ1v) is 20.2. The van der Waals surface area contributed by atoms with Crippen LogP contribution in [0.4, 0.5) is 5.69 Å². The highest BCUT2D eigenvalue weighted by molar-refractivity contribution is 8.76. The molecule has 0 aliphatic carbocycles. The fraction of sp³-hybridized carbons (Fsp3) is 0.514. The van der Waals surface area contributed by atoms with E-state index < -0.39 is 13.3 Å². The molecule has 2 aromatic carbocycles. The lowest BCUT2D eigenvalue weighted by molar-refractivity contribution is -0.125. The van der Waals surface area contributed by atoms with Crippen molar-refractivity contribution < 1.29 is 28.4 Å². The first kappa shape index (κ1) is 40.4. The van der Waals surface area contributed by atoms with E-state index in [0.717, 1.165) is 41.6 Å². The van der Waals surface area contributed by atoms with Gasteiger partial charge in [0, 0.05) is 54.6 Å². The van der Waals surface area contributed by atoms with Crippen LogP contribution in [0.5, 0.6) is 0 Å². The zero-order valence-electron chi connectivity index (χ0n) is 28.0. The van der Waals surface area contributed by atoms with E-state index in [1.54, 1.807) is 40.3 Å². The summed E-state index contributed by atoms with van der Waals surface area (Å²) in [5.74, 6) is 3.05. The zero-order chi connectivity index (χ0) is 34.7. The summed E-state index contributed by atoms with van der Waals surface area (Å²) in [4.78, 5) is 49.5. The summed E-state index contributed by atoms with van der Waals surface area (Å²) >= 11 is 0. The molecule has 258 valence electrons. The van der Waals surface area contributed by atoms with Crippen molar-refractivity contribution in [2.24, 2.45) is 0 Å². The van der Waals surface area contributed by atoms with Crippen LogP contribution in [0.2, 0.25) is 0 Å². The molecule has 0 fully saturated rings. The second kappa shape index (κ2) is 22.0. The van der Waals surface area contributed by atoms with Crippen LogP contribution in [-0.2, 0) is 30.0 Å². The molecule has 2 atom stereocenters. The molecule has 0 bridgehead atoms. The Bertz CT molecular complexity index is 1380. The Morgan fingerprint density at radius 3 is 2.36 bits per heavy atom. The summed E-state index contributed by atoms with van der Waals surface area (Å²) in [6.07, 6.45) is 9.60. The molecule has 0 radical (unpaired) electrons. The van der Waals surface area contributed by atoms with Gasteiger partial charge in [-0.25, -0.2) is 0 Å². The van der Waals surface area contributed by atoms with E-state index in [2.05, 4.69) is 16.6 Å². The number of nitrogens with one attached hydrogen (secondary N) is 2. The molecule has 3 N–H and O–H groups in total. The Morgan fingerprint density at radius 1 is 0.957 bits per heavy atom. The Kier molecular flexibility index (Phi) is 18.9. The topological polar surface area (TPSA) is 125 Å². The number of aryl methyl sites for hydroxylation is 1. The minimum Gasteiger partial charge on any atom is -0.356 e. The fourth-order valence-corrected chi connectivity index (χ4v) is 7.37. The van der Waals surface area contributed by atoms with Crippen LogP contribution in [0.3, 0.4) is 0 Å². The molecule has 0 saturated carbocycles. The number of terminal acetylenes is 1. The monoisotopic (exact) mass is 703 g/mol. The SMILES string of the molecule is C#Cc1ccccc1CN(C(=O)CCC(=O)NCCSSC(C)CC(=O)NCCCCCCOP(=O)(O)C(C)C)c1ccccc1C. The van der Waals surface area contributed by atoms with Gasteiger partial charge in [-0.3, -0.25) is 18.9 Å². The summed E-state index contributed by atoms with van der Waals surface area (Å²) in [5, 5.41) is 5.96. The van der Waals surface area contributed by atoms with Crippen LogP contribution in [0.1, 0.15) is 82.4 Å². The Hall–Kier alpha value is -2.74. The van der Waals surface area contributed by atoms with E-state index in [4.69, 9.17) is 10.9 Å². The molecule has 0 aliphatic heterocycles. The number of carbonyl (C=O) groups excluding carboxylic acids is 3. The Balaban J connectivity index is 1.61. The maximum Gasteiger partial charge on any atom is 0.330 e. The van der Waals surface area contributed by atoms with Crippen molar-refractivity contribution >= 4 is 52.6 Å². The molecule has 2 unspecified atom stereocenters. The molecule has 0 heterocycles. The van der Waals surface area contributed by atoms with Crippen molar-refractivity contribution in [2.75, 3.05) is 30.3 Å². The minimum atomic E-state index is -3.50. The number of rotatable bonds is 22. The van der Waals surface area contributed by atoms with Gasteiger partial charge in [0.25, 0.3) is 0 Å². The van der Waals surface area contributed by atoms with Gasteiger partial charge in [-0.05, 0) is 43.0 Å². The molecule has 47 heavy (non-hydrogen) atoms. The number of anilines is 1. The fourth-order valence-electron chi connectivity index (χ4n) is 4.50. The Morgan fingerprint density at radius 2 is 1.64 bits per heavy atom. The maximum absolute atomic E-state index is 13.4. The molecule has 2 aromatic rings. The predicted molar refractivity (Wildman–Crippen MR) is 196 cm³/mol. The molecule has 0 aliphatic rings. The number of carbonyl (C=O) groups is 3. The van der Waals surface area contributed by atoms with Crippen molar-refractivity contribution in [3.63, 3.8) is 0 Å². The highest BCUT2D eigenvalue weighted by Crippen LogP contribution is 2.47. The third-order valence-electron chi connectivity index (χ3n) is 7.31. The van der Waals surface area contributed by atoms with Gasteiger partial charge in [0.15, 0.2) is 0 Å². The molecule has 0 saturated heterocycles. The largest absolute Gasteiger partial charge is 0.356 e. The first-order valence-electron chi connectivity index (χ1n) is 16.1. The second-order valence-electron chi connectivity index (χ2n) is 11.6. The summed E-state index contributed by atoms with van der Waals surface area (Å²) in [7, 11) is -0.284. The molecule has 9 nitrogen and oxygen atoms in total. The van der Waals surface area contributed by atoms with E-state index >= 15 is 0 Å². The second-order valence-corrected chi connectivity index (χ2v) is 17.0. The molecular formula is C35H50N3O6PS2. The number of hydrogen-bond acceptors (Lipinski definition) is 7. The lowest BCUT2D eigenvalue weighted by Crippen LogP contribution is -2.33. The summed E-state index contributed by atoms with van der Waals surface area (Å²) in [5.41, 5.74) is 2.96. The summed E-state index contributed by atoms with van der Waals surface area (Å²) in [6, 6.07) is 15.2. The lowest BCUT2D eigenvalue weighted by atomic mass is 10.1.